The van der Waals surface area contributed by atoms with Crippen molar-refractivity contribution >= 4 is 32.6 Å². The molecule has 4 rings (SSSR count). The maximum Gasteiger partial charge on any atom is 0.253 e. The van der Waals surface area contributed by atoms with Crippen LogP contribution in [0.15, 0.2) is 42.5 Å². The first-order chi connectivity index (χ1) is 13.3. The van der Waals surface area contributed by atoms with E-state index in [9.17, 15) is 4.79 Å². The number of carbonyl (C=O) groups excluding carboxylic acids is 1. The monoisotopic (exact) mass is 393 g/mol. The van der Waals surface area contributed by atoms with Gasteiger partial charge in [0.25, 0.3) is 5.91 Å². The van der Waals surface area contributed by atoms with Gasteiger partial charge in [-0.1, -0.05) is 56.4 Å². The molecule has 146 valence electrons. The van der Waals surface area contributed by atoms with Crippen LogP contribution in [0.1, 0.15) is 42.3 Å². The van der Waals surface area contributed by atoms with Gasteiger partial charge in [0.15, 0.2) is 5.13 Å². The lowest BCUT2D eigenvalue weighted by Crippen LogP contribution is -2.48. The molecule has 1 aliphatic rings. The summed E-state index contributed by atoms with van der Waals surface area (Å²) < 4.78 is 1.23. The lowest BCUT2D eigenvalue weighted by molar-refractivity contribution is 0.0746. The van der Waals surface area contributed by atoms with Crippen LogP contribution >= 0.6 is 11.3 Å². The van der Waals surface area contributed by atoms with Gasteiger partial charge in [-0.2, -0.15) is 0 Å². The number of rotatable bonds is 2. The number of aryl methyl sites for hydroxylation is 1. The fourth-order valence-electron chi connectivity index (χ4n) is 3.61. The number of carbonyl (C=O) groups is 1. The molecule has 1 fully saturated rings. The van der Waals surface area contributed by atoms with Gasteiger partial charge in [0.05, 0.1) is 10.2 Å². The smallest absolute Gasteiger partial charge is 0.253 e. The number of aromatic nitrogens is 1. The van der Waals surface area contributed by atoms with Crippen LogP contribution in [-0.2, 0) is 5.41 Å². The molecular weight excluding hydrogens is 366 g/mol. The molecule has 0 spiro atoms. The Kier molecular flexibility index (Phi) is 4.88. The third kappa shape index (κ3) is 3.63. The zero-order chi connectivity index (χ0) is 19.9. The van der Waals surface area contributed by atoms with Crippen molar-refractivity contribution in [2.45, 2.75) is 33.1 Å². The maximum atomic E-state index is 12.9. The van der Waals surface area contributed by atoms with E-state index in [0.29, 0.717) is 0 Å². The molecule has 1 amide bonds. The first-order valence-corrected chi connectivity index (χ1v) is 10.7. The Hall–Kier alpha value is -2.40. The summed E-state index contributed by atoms with van der Waals surface area (Å²) in [7, 11) is 0. The van der Waals surface area contributed by atoms with E-state index in [1.807, 2.05) is 17.0 Å². The number of benzene rings is 2. The van der Waals surface area contributed by atoms with Gasteiger partial charge in [0.2, 0.25) is 0 Å². The van der Waals surface area contributed by atoms with E-state index >= 15 is 0 Å². The van der Waals surface area contributed by atoms with Gasteiger partial charge in [0.1, 0.15) is 0 Å². The Bertz CT molecular complexity index is 993. The molecule has 0 saturated carbocycles. The summed E-state index contributed by atoms with van der Waals surface area (Å²) in [5.41, 5.74) is 4.44. The van der Waals surface area contributed by atoms with Crippen molar-refractivity contribution < 1.29 is 4.79 Å². The zero-order valence-corrected chi connectivity index (χ0v) is 17.8. The van der Waals surface area contributed by atoms with Crippen LogP contribution in [0.5, 0.6) is 0 Å². The molecule has 0 N–H and O–H groups in total. The Balaban J connectivity index is 1.43. The van der Waals surface area contributed by atoms with Gasteiger partial charge in [-0.3, -0.25) is 4.79 Å². The Labute approximate surface area is 170 Å². The first kappa shape index (κ1) is 18.9. The van der Waals surface area contributed by atoms with Crippen LogP contribution in [0.25, 0.3) is 10.2 Å². The van der Waals surface area contributed by atoms with Crippen LogP contribution < -0.4 is 4.90 Å². The second kappa shape index (κ2) is 7.21. The summed E-state index contributed by atoms with van der Waals surface area (Å²) in [5.74, 6) is 0.125. The summed E-state index contributed by atoms with van der Waals surface area (Å²) in [6.45, 7) is 11.8. The fraction of sp³-hybridized carbons (Fsp3) is 0.391. The number of thiazole rings is 1. The van der Waals surface area contributed by atoms with E-state index in [4.69, 9.17) is 4.98 Å². The van der Waals surface area contributed by atoms with Crippen molar-refractivity contribution in [2.75, 3.05) is 31.1 Å². The molecule has 0 bridgehead atoms. The summed E-state index contributed by atoms with van der Waals surface area (Å²) in [5, 5.41) is 1.06. The molecule has 2 heterocycles. The highest BCUT2D eigenvalue weighted by Crippen LogP contribution is 2.31. The number of amides is 1. The van der Waals surface area contributed by atoms with Gasteiger partial charge in [0, 0.05) is 31.7 Å². The average Bonchev–Trinajstić information content (AvgIpc) is 3.13. The van der Waals surface area contributed by atoms with Crippen LogP contribution in [-0.4, -0.2) is 42.0 Å². The molecule has 5 heteroatoms. The number of anilines is 1. The van der Waals surface area contributed by atoms with Crippen LogP contribution in [0, 0.1) is 6.92 Å². The van der Waals surface area contributed by atoms with Gasteiger partial charge in [-0.05, 0) is 41.7 Å². The van der Waals surface area contributed by atoms with Gasteiger partial charge in [-0.25, -0.2) is 4.98 Å². The van der Waals surface area contributed by atoms with Crippen LogP contribution in [0.3, 0.4) is 0 Å². The molecule has 2 aromatic carbocycles. The predicted octanol–water partition coefficient (Wildman–Crippen LogP) is 4.86. The number of piperazine rings is 1. The molecular formula is C23H27N3OS. The van der Waals surface area contributed by atoms with Gasteiger partial charge >= 0.3 is 0 Å². The lowest BCUT2D eigenvalue weighted by atomic mass is 9.86. The average molecular weight is 394 g/mol. The van der Waals surface area contributed by atoms with Crippen molar-refractivity contribution in [3.05, 3.63) is 59.2 Å². The summed E-state index contributed by atoms with van der Waals surface area (Å²) in [4.78, 5) is 22.0. The largest absolute Gasteiger partial charge is 0.345 e. The highest BCUT2D eigenvalue weighted by molar-refractivity contribution is 7.22. The molecule has 4 nitrogen and oxygen atoms in total. The van der Waals surface area contributed by atoms with Crippen molar-refractivity contribution in [3.8, 4) is 0 Å². The molecule has 3 aromatic rings. The summed E-state index contributed by atoms with van der Waals surface area (Å²) >= 11 is 1.74. The molecule has 1 aliphatic heterocycles. The summed E-state index contributed by atoms with van der Waals surface area (Å²) in [6.07, 6.45) is 0. The van der Waals surface area contributed by atoms with Gasteiger partial charge in [-0.15, -0.1) is 0 Å². The molecule has 28 heavy (non-hydrogen) atoms. The van der Waals surface area contributed by atoms with Crippen LogP contribution in [0.2, 0.25) is 0 Å². The van der Waals surface area contributed by atoms with Crippen molar-refractivity contribution in [3.63, 3.8) is 0 Å². The van der Waals surface area contributed by atoms with Crippen molar-refractivity contribution in [1.29, 1.82) is 0 Å². The molecule has 0 radical (unpaired) electrons. The number of fused-ring (bicyclic) bond motifs is 1. The highest BCUT2D eigenvalue weighted by atomic mass is 32.1. The zero-order valence-electron chi connectivity index (χ0n) is 17.0. The Morgan fingerprint density at radius 3 is 2.29 bits per heavy atom. The number of hydrogen-bond acceptors (Lipinski definition) is 4. The fourth-order valence-corrected chi connectivity index (χ4v) is 4.70. The summed E-state index contributed by atoms with van der Waals surface area (Å²) in [6, 6.07) is 14.4. The van der Waals surface area contributed by atoms with Crippen molar-refractivity contribution in [1.82, 2.24) is 9.88 Å². The predicted molar refractivity (Wildman–Crippen MR) is 118 cm³/mol. The number of hydrogen-bond donors (Lipinski definition) is 0. The lowest BCUT2D eigenvalue weighted by Gasteiger charge is -2.34. The highest BCUT2D eigenvalue weighted by Gasteiger charge is 2.24. The number of para-hydroxylation sites is 1. The second-order valence-corrected chi connectivity index (χ2v) is 9.53. The van der Waals surface area contributed by atoms with E-state index in [1.165, 1.54) is 15.8 Å². The van der Waals surface area contributed by atoms with E-state index in [0.717, 1.165) is 42.4 Å². The quantitative estimate of drug-likeness (QED) is 0.623. The van der Waals surface area contributed by atoms with E-state index in [2.05, 4.69) is 62.9 Å². The first-order valence-electron chi connectivity index (χ1n) is 9.84. The third-order valence-electron chi connectivity index (χ3n) is 5.44. The van der Waals surface area contributed by atoms with Crippen molar-refractivity contribution in [2.24, 2.45) is 0 Å². The van der Waals surface area contributed by atoms with E-state index in [1.54, 1.807) is 11.3 Å². The van der Waals surface area contributed by atoms with E-state index < -0.39 is 0 Å². The Morgan fingerprint density at radius 1 is 1.00 bits per heavy atom. The third-order valence-corrected chi connectivity index (χ3v) is 6.53. The normalized spacial score (nSPS) is 15.3. The molecule has 0 unspecified atom stereocenters. The van der Waals surface area contributed by atoms with Crippen LogP contribution in [0.4, 0.5) is 5.13 Å². The van der Waals surface area contributed by atoms with Gasteiger partial charge < -0.3 is 9.80 Å². The molecule has 1 saturated heterocycles. The minimum atomic E-state index is 0.100. The topological polar surface area (TPSA) is 36.4 Å². The number of nitrogens with zero attached hydrogens (tertiary/aromatic N) is 3. The van der Waals surface area contributed by atoms with E-state index in [-0.39, 0.29) is 11.3 Å². The minimum absolute atomic E-state index is 0.100. The Morgan fingerprint density at radius 2 is 1.68 bits per heavy atom. The SMILES string of the molecule is Cc1cccc2sc(N3CCN(C(=O)c4ccc(C(C)(C)C)cc4)CC3)nc12. The molecule has 0 aliphatic carbocycles. The molecule has 1 aromatic heterocycles. The minimum Gasteiger partial charge on any atom is -0.345 e. The second-order valence-electron chi connectivity index (χ2n) is 8.52. The maximum absolute atomic E-state index is 12.9. The standard InChI is InChI=1S/C23H27N3OS/c1-16-6-5-7-19-20(16)24-22(28-19)26-14-12-25(13-15-26)21(27)17-8-10-18(11-9-17)23(2,3)4/h5-11H,12-15H2,1-4H3. The molecule has 0 atom stereocenters.